The number of hydrogen-bond acceptors (Lipinski definition) is 4. The normalized spacial score (nSPS) is 24.0. The third-order valence-corrected chi connectivity index (χ3v) is 7.64. The summed E-state index contributed by atoms with van der Waals surface area (Å²) in [4.78, 5) is 26.6. The third-order valence-electron chi connectivity index (χ3n) is 7.64. The fourth-order valence-electron chi connectivity index (χ4n) is 6.16. The van der Waals surface area contributed by atoms with E-state index in [-0.39, 0.29) is 24.3 Å². The predicted molar refractivity (Wildman–Crippen MR) is 134 cm³/mol. The third kappa shape index (κ3) is 3.44. The van der Waals surface area contributed by atoms with Gasteiger partial charge in [-0.25, -0.2) is 0 Å². The first-order valence-corrected chi connectivity index (χ1v) is 12.0. The van der Waals surface area contributed by atoms with Gasteiger partial charge in [-0.15, -0.1) is 0 Å². The largest absolute Gasteiger partial charge is 0.460 e. The molecule has 4 aliphatic carbocycles. The number of benzene rings is 3. The Labute approximate surface area is 204 Å². The van der Waals surface area contributed by atoms with Crippen molar-refractivity contribution in [2.45, 2.75) is 32.3 Å². The Morgan fingerprint density at radius 3 is 2.57 bits per heavy atom. The van der Waals surface area contributed by atoms with Gasteiger partial charge in [-0.3, -0.25) is 9.59 Å². The van der Waals surface area contributed by atoms with Crippen LogP contribution in [0.5, 0.6) is 11.5 Å². The van der Waals surface area contributed by atoms with Crippen molar-refractivity contribution in [1.29, 1.82) is 0 Å². The summed E-state index contributed by atoms with van der Waals surface area (Å²) < 4.78 is 11.9. The lowest BCUT2D eigenvalue weighted by atomic mass is 9.56. The van der Waals surface area contributed by atoms with E-state index in [9.17, 15) is 9.59 Å². The average molecular weight is 463 g/mol. The Morgan fingerprint density at radius 1 is 1.00 bits per heavy atom. The Balaban J connectivity index is 1.29. The van der Waals surface area contributed by atoms with E-state index in [1.807, 2.05) is 79.7 Å². The van der Waals surface area contributed by atoms with Crippen LogP contribution in [0.25, 0.3) is 5.57 Å². The van der Waals surface area contributed by atoms with Crippen molar-refractivity contribution in [2.24, 2.45) is 11.3 Å². The fraction of sp³-hybridized carbons (Fsp3) is 0.226. The molecule has 3 aromatic carbocycles. The molecular formula is C31H26O4. The number of aryl methyl sites for hydroxylation is 1. The first-order chi connectivity index (χ1) is 17.0. The molecule has 0 unspecified atom stereocenters. The van der Waals surface area contributed by atoms with Crippen LogP contribution in [0.3, 0.4) is 0 Å². The minimum Gasteiger partial charge on any atom is -0.460 e. The van der Waals surface area contributed by atoms with E-state index in [0.29, 0.717) is 18.6 Å². The minimum absolute atomic E-state index is 0.134. The highest BCUT2D eigenvalue weighted by Crippen LogP contribution is 2.66. The monoisotopic (exact) mass is 462 g/mol. The standard InChI is InChI=1S/C31H26O4/c1-19-8-6-13-24-26-15-25-20(2)16-31(26,17-27(25)32)29(28(19)24)30(33)34-18-21-9-7-12-23(14-21)35-22-10-4-3-5-11-22/h3-15,25,29H,2,16-18H2,1H3/t25-,29+,31-/m0/s1. The summed E-state index contributed by atoms with van der Waals surface area (Å²) in [7, 11) is 0. The molecule has 0 heterocycles. The van der Waals surface area contributed by atoms with Crippen LogP contribution in [0.1, 0.15) is 41.0 Å². The Hall–Kier alpha value is -3.92. The molecule has 0 saturated heterocycles. The van der Waals surface area contributed by atoms with Crippen LogP contribution in [0.2, 0.25) is 0 Å². The van der Waals surface area contributed by atoms with Crippen LogP contribution in [0, 0.1) is 18.3 Å². The zero-order valence-corrected chi connectivity index (χ0v) is 19.6. The lowest BCUT2D eigenvalue weighted by Crippen LogP contribution is -2.44. The number of hydrogen-bond donors (Lipinski definition) is 0. The molecule has 1 saturated carbocycles. The van der Waals surface area contributed by atoms with Crippen LogP contribution in [-0.4, -0.2) is 11.8 Å². The van der Waals surface area contributed by atoms with E-state index < -0.39 is 11.3 Å². The van der Waals surface area contributed by atoms with Crippen molar-refractivity contribution in [1.82, 2.24) is 0 Å². The molecule has 7 rings (SSSR count). The molecule has 174 valence electrons. The second-order valence-electron chi connectivity index (χ2n) is 9.83. The lowest BCUT2D eigenvalue weighted by molar-refractivity contribution is -0.150. The van der Waals surface area contributed by atoms with Crippen molar-refractivity contribution in [2.75, 3.05) is 0 Å². The summed E-state index contributed by atoms with van der Waals surface area (Å²) in [5, 5.41) is 0. The van der Waals surface area contributed by atoms with Gasteiger partial charge in [0, 0.05) is 11.8 Å². The van der Waals surface area contributed by atoms with Gasteiger partial charge in [0.15, 0.2) is 0 Å². The van der Waals surface area contributed by atoms with Gasteiger partial charge in [-0.1, -0.05) is 66.8 Å². The second kappa shape index (κ2) is 8.09. The molecule has 0 aromatic heterocycles. The van der Waals surface area contributed by atoms with Gasteiger partial charge in [0.05, 0.1) is 11.8 Å². The molecule has 0 N–H and O–H groups in total. The molecule has 0 radical (unpaired) electrons. The van der Waals surface area contributed by atoms with E-state index in [0.717, 1.165) is 39.1 Å². The molecule has 0 amide bonds. The Kier molecular flexibility index (Phi) is 4.99. The molecular weight excluding hydrogens is 436 g/mol. The first kappa shape index (κ1) is 21.6. The van der Waals surface area contributed by atoms with Gasteiger partial charge < -0.3 is 9.47 Å². The highest BCUT2D eigenvalue weighted by molar-refractivity contribution is 6.03. The minimum atomic E-state index is -0.591. The van der Waals surface area contributed by atoms with E-state index >= 15 is 0 Å². The molecule has 1 spiro atoms. The number of ether oxygens (including phenoxy) is 2. The number of para-hydroxylation sites is 1. The van der Waals surface area contributed by atoms with Crippen molar-refractivity contribution in [3.8, 4) is 11.5 Å². The van der Waals surface area contributed by atoms with Crippen molar-refractivity contribution < 1.29 is 19.1 Å². The molecule has 3 atom stereocenters. The summed E-state index contributed by atoms with van der Waals surface area (Å²) in [6.45, 7) is 6.35. The van der Waals surface area contributed by atoms with Gasteiger partial charge in [-0.05, 0) is 65.4 Å². The Bertz CT molecular complexity index is 1380. The van der Waals surface area contributed by atoms with Crippen molar-refractivity contribution >= 4 is 17.3 Å². The Morgan fingerprint density at radius 2 is 1.77 bits per heavy atom. The summed E-state index contributed by atoms with van der Waals surface area (Å²) in [6.07, 6.45) is 3.05. The van der Waals surface area contributed by atoms with Gasteiger partial charge in [0.1, 0.15) is 23.9 Å². The van der Waals surface area contributed by atoms with Gasteiger partial charge in [0.25, 0.3) is 0 Å². The van der Waals surface area contributed by atoms with Gasteiger partial charge in [0.2, 0.25) is 0 Å². The van der Waals surface area contributed by atoms with Crippen LogP contribution in [0.15, 0.2) is 91.0 Å². The molecule has 2 bridgehead atoms. The number of ketones is 1. The number of esters is 1. The topological polar surface area (TPSA) is 52.6 Å². The van der Waals surface area contributed by atoms with E-state index in [1.165, 1.54) is 0 Å². The van der Waals surface area contributed by atoms with Crippen molar-refractivity contribution in [3.63, 3.8) is 0 Å². The first-order valence-electron chi connectivity index (χ1n) is 12.0. The fourth-order valence-corrected chi connectivity index (χ4v) is 6.16. The lowest BCUT2D eigenvalue weighted by Gasteiger charge is -2.46. The quantitative estimate of drug-likeness (QED) is 0.319. The SMILES string of the molecule is C=C1C[C@]23CC(=O)[C@H]1C=C2c1cccc(C)c1[C@@H]3C(=O)OCc1cccc(Oc2ccccc2)c1. The highest BCUT2D eigenvalue weighted by atomic mass is 16.5. The number of fused-ring (bicyclic) bond motifs is 3. The maximum Gasteiger partial charge on any atom is 0.314 e. The van der Waals surface area contributed by atoms with E-state index in [1.54, 1.807) is 0 Å². The maximum absolute atomic E-state index is 13.7. The average Bonchev–Trinajstić information content (AvgIpc) is 3.13. The van der Waals surface area contributed by atoms with Gasteiger partial charge >= 0.3 is 5.97 Å². The van der Waals surface area contributed by atoms with Crippen LogP contribution in [-0.2, 0) is 20.9 Å². The van der Waals surface area contributed by atoms with E-state index in [2.05, 4.69) is 12.6 Å². The van der Waals surface area contributed by atoms with E-state index in [4.69, 9.17) is 9.47 Å². The molecule has 3 aromatic rings. The van der Waals surface area contributed by atoms with Gasteiger partial charge in [-0.2, -0.15) is 0 Å². The molecule has 4 aliphatic rings. The summed E-state index contributed by atoms with van der Waals surface area (Å²) in [5.74, 6) is 0.537. The molecule has 4 heteroatoms. The van der Waals surface area contributed by atoms with Crippen LogP contribution in [0.4, 0.5) is 0 Å². The number of allylic oxidation sites excluding steroid dienone is 3. The zero-order chi connectivity index (χ0) is 24.2. The van der Waals surface area contributed by atoms with Crippen LogP contribution >= 0.6 is 0 Å². The summed E-state index contributed by atoms with van der Waals surface area (Å²) >= 11 is 0. The molecule has 0 aliphatic heterocycles. The smallest absolute Gasteiger partial charge is 0.314 e. The summed E-state index contributed by atoms with van der Waals surface area (Å²) in [5.41, 5.74) is 5.40. The maximum atomic E-state index is 13.7. The predicted octanol–water partition coefficient (Wildman–Crippen LogP) is 6.55. The molecule has 35 heavy (non-hydrogen) atoms. The second-order valence-corrected chi connectivity index (χ2v) is 9.83. The number of rotatable bonds is 5. The number of carbonyl (C=O) groups is 2. The van der Waals surface area contributed by atoms with Crippen LogP contribution < -0.4 is 4.74 Å². The molecule has 1 fully saturated rings. The number of Topliss-reactive ketones (excluding diaryl/α,β-unsaturated/α-hetero) is 1. The summed E-state index contributed by atoms with van der Waals surface area (Å²) in [6, 6.07) is 23.3. The molecule has 4 nitrogen and oxygen atoms in total. The van der Waals surface area contributed by atoms with Crippen molar-refractivity contribution in [3.05, 3.63) is 113 Å². The zero-order valence-electron chi connectivity index (χ0n) is 19.6. The highest BCUT2D eigenvalue weighted by Gasteiger charge is 2.60. The number of carbonyl (C=O) groups excluding carboxylic acids is 2.